The fourth-order valence-electron chi connectivity index (χ4n) is 2.87. The largest absolute Gasteiger partial charge is 0.474 e. The van der Waals surface area contributed by atoms with Crippen molar-refractivity contribution < 1.29 is 14.9 Å². The van der Waals surface area contributed by atoms with E-state index in [2.05, 4.69) is 4.98 Å². The molecule has 0 fully saturated rings. The zero-order chi connectivity index (χ0) is 21.3. The molecule has 0 amide bonds. The van der Waals surface area contributed by atoms with Crippen molar-refractivity contribution in [1.82, 2.24) is 9.55 Å². The zero-order valence-corrected chi connectivity index (χ0v) is 17.3. The lowest BCUT2D eigenvalue weighted by molar-refractivity contribution is 0.0526. The lowest BCUT2D eigenvalue weighted by Gasteiger charge is -2.19. The van der Waals surface area contributed by atoms with Crippen LogP contribution in [0.3, 0.4) is 0 Å². The standard InChI is InChI=1S/C19H14Cl3N3O4/c1-9-2-15(28)16-18(14(22)6-24-19(16)29-8-11(27)7-26)25(9)17-12(20)3-10(5-23)4-13(17)21/h2-4,6,11,26-27H,7-8H2,1H3. The van der Waals surface area contributed by atoms with Crippen LogP contribution < -0.4 is 10.2 Å². The summed E-state index contributed by atoms with van der Waals surface area (Å²) in [5.74, 6) is -0.0588. The molecule has 3 rings (SSSR count). The highest BCUT2D eigenvalue weighted by Crippen LogP contribution is 2.36. The normalized spacial score (nSPS) is 12.0. The van der Waals surface area contributed by atoms with Crippen molar-refractivity contribution in [1.29, 1.82) is 5.26 Å². The molecule has 1 aromatic carbocycles. The second-order valence-electron chi connectivity index (χ2n) is 6.17. The van der Waals surface area contributed by atoms with E-state index in [1.165, 1.54) is 24.4 Å². The first kappa shape index (κ1) is 21.4. The van der Waals surface area contributed by atoms with Gasteiger partial charge in [0.2, 0.25) is 5.88 Å². The molecular weight excluding hydrogens is 441 g/mol. The van der Waals surface area contributed by atoms with Crippen LogP contribution in [0.4, 0.5) is 0 Å². The number of ether oxygens (including phenoxy) is 1. The van der Waals surface area contributed by atoms with Gasteiger partial charge in [-0.3, -0.25) is 4.79 Å². The predicted octanol–water partition coefficient (Wildman–Crippen LogP) is 3.26. The predicted molar refractivity (Wildman–Crippen MR) is 110 cm³/mol. The van der Waals surface area contributed by atoms with E-state index in [-0.39, 0.29) is 44.0 Å². The van der Waals surface area contributed by atoms with Crippen molar-refractivity contribution in [3.05, 3.63) is 60.9 Å². The molecule has 1 atom stereocenters. The van der Waals surface area contributed by atoms with E-state index in [1.807, 2.05) is 6.07 Å². The van der Waals surface area contributed by atoms with Gasteiger partial charge in [-0.2, -0.15) is 5.26 Å². The van der Waals surface area contributed by atoms with Crippen molar-refractivity contribution in [3.63, 3.8) is 0 Å². The number of pyridine rings is 2. The van der Waals surface area contributed by atoms with Gasteiger partial charge < -0.3 is 19.5 Å². The molecule has 2 heterocycles. The summed E-state index contributed by atoms with van der Waals surface area (Å²) in [5, 5.41) is 28.2. The van der Waals surface area contributed by atoms with Crippen LogP contribution in [-0.2, 0) is 0 Å². The van der Waals surface area contributed by atoms with Crippen LogP contribution in [0.15, 0.2) is 29.2 Å². The second kappa shape index (κ2) is 8.57. The zero-order valence-electron chi connectivity index (χ0n) is 15.0. The summed E-state index contributed by atoms with van der Waals surface area (Å²) in [7, 11) is 0. The minimum Gasteiger partial charge on any atom is -0.474 e. The van der Waals surface area contributed by atoms with Gasteiger partial charge in [0.15, 0.2) is 5.43 Å². The van der Waals surface area contributed by atoms with Crippen LogP contribution in [0.5, 0.6) is 5.88 Å². The van der Waals surface area contributed by atoms with Gasteiger partial charge in [-0.25, -0.2) is 4.98 Å². The van der Waals surface area contributed by atoms with Crippen LogP contribution in [-0.4, -0.2) is 39.1 Å². The topological polar surface area (TPSA) is 108 Å². The van der Waals surface area contributed by atoms with Gasteiger partial charge in [0.1, 0.15) is 18.1 Å². The average Bonchev–Trinajstić information content (AvgIpc) is 2.68. The number of hydrogen-bond acceptors (Lipinski definition) is 6. The molecule has 0 spiro atoms. The molecule has 0 aliphatic carbocycles. The third kappa shape index (κ3) is 4.04. The maximum Gasteiger partial charge on any atom is 0.227 e. The molecular formula is C19H14Cl3N3O4. The van der Waals surface area contributed by atoms with Crippen molar-refractivity contribution in [2.45, 2.75) is 13.0 Å². The minimum absolute atomic E-state index is 0.0588. The molecule has 2 N–H and O–H groups in total. The molecule has 3 aromatic rings. The Labute approximate surface area is 180 Å². The Morgan fingerprint density at radius 2 is 1.90 bits per heavy atom. The highest BCUT2D eigenvalue weighted by Gasteiger charge is 2.21. The fourth-order valence-corrected chi connectivity index (χ4v) is 3.76. The Bertz CT molecular complexity index is 1180. The van der Waals surface area contributed by atoms with E-state index in [0.29, 0.717) is 11.4 Å². The summed E-state index contributed by atoms with van der Waals surface area (Å²) in [6.45, 7) is 0.899. The molecule has 0 bridgehead atoms. The van der Waals surface area contributed by atoms with Crippen molar-refractivity contribution in [2.75, 3.05) is 13.2 Å². The Hall–Kier alpha value is -2.34. The summed E-state index contributed by atoms with van der Waals surface area (Å²) in [6, 6.07) is 6.23. The van der Waals surface area contributed by atoms with Crippen molar-refractivity contribution in [3.8, 4) is 17.6 Å². The quantitative estimate of drug-likeness (QED) is 0.612. The maximum absolute atomic E-state index is 12.7. The van der Waals surface area contributed by atoms with Gasteiger partial charge in [-0.05, 0) is 19.1 Å². The molecule has 2 aromatic heterocycles. The number of aliphatic hydroxyl groups excluding tert-OH is 2. The molecule has 29 heavy (non-hydrogen) atoms. The van der Waals surface area contributed by atoms with Crippen LogP contribution in [0, 0.1) is 18.3 Å². The number of nitriles is 1. The Morgan fingerprint density at radius 3 is 2.48 bits per heavy atom. The lowest BCUT2D eigenvalue weighted by Crippen LogP contribution is -2.22. The summed E-state index contributed by atoms with van der Waals surface area (Å²) < 4.78 is 7.02. The third-order valence-corrected chi connectivity index (χ3v) is 4.98. The molecule has 0 saturated heterocycles. The second-order valence-corrected chi connectivity index (χ2v) is 7.39. The monoisotopic (exact) mass is 453 g/mol. The van der Waals surface area contributed by atoms with Crippen LogP contribution in [0.1, 0.15) is 11.3 Å². The Kier molecular flexibility index (Phi) is 6.32. The summed E-state index contributed by atoms with van der Waals surface area (Å²) in [4.78, 5) is 16.8. The van der Waals surface area contributed by atoms with Gasteiger partial charge in [-0.15, -0.1) is 0 Å². The van der Waals surface area contributed by atoms with Crippen LogP contribution >= 0.6 is 34.8 Å². The minimum atomic E-state index is -1.14. The van der Waals surface area contributed by atoms with E-state index in [9.17, 15) is 9.90 Å². The highest BCUT2D eigenvalue weighted by molar-refractivity contribution is 6.38. The number of benzene rings is 1. The number of aryl methyl sites for hydroxylation is 1. The molecule has 10 heteroatoms. The maximum atomic E-state index is 12.7. The lowest BCUT2D eigenvalue weighted by atomic mass is 10.1. The number of nitrogens with zero attached hydrogens (tertiary/aromatic N) is 3. The van der Waals surface area contributed by atoms with E-state index in [4.69, 9.17) is 49.9 Å². The number of hydrogen-bond donors (Lipinski definition) is 2. The fraction of sp³-hybridized carbons (Fsp3) is 0.211. The first-order valence-corrected chi connectivity index (χ1v) is 9.44. The number of fused-ring (bicyclic) bond motifs is 1. The van der Waals surface area contributed by atoms with Gasteiger partial charge in [0.25, 0.3) is 0 Å². The number of rotatable bonds is 5. The summed E-state index contributed by atoms with van der Waals surface area (Å²) >= 11 is 19.2. The van der Waals surface area contributed by atoms with Crippen molar-refractivity contribution in [2.24, 2.45) is 0 Å². The van der Waals surface area contributed by atoms with Crippen LogP contribution in [0.25, 0.3) is 16.6 Å². The van der Waals surface area contributed by atoms with E-state index >= 15 is 0 Å². The van der Waals surface area contributed by atoms with Gasteiger partial charge in [-0.1, -0.05) is 34.8 Å². The summed E-state index contributed by atoms with van der Waals surface area (Å²) in [5.41, 5.74) is 0.961. The Balaban J connectivity index is 2.36. The van der Waals surface area contributed by atoms with E-state index < -0.39 is 18.1 Å². The van der Waals surface area contributed by atoms with Gasteiger partial charge in [0.05, 0.1) is 50.7 Å². The summed E-state index contributed by atoms with van der Waals surface area (Å²) in [6.07, 6.45) is 0.156. The van der Waals surface area contributed by atoms with Crippen LogP contribution in [0.2, 0.25) is 15.1 Å². The first-order valence-electron chi connectivity index (χ1n) is 8.30. The molecule has 7 nitrogen and oxygen atoms in total. The third-order valence-electron chi connectivity index (χ3n) is 4.13. The molecule has 150 valence electrons. The highest BCUT2D eigenvalue weighted by atomic mass is 35.5. The molecule has 1 unspecified atom stereocenters. The Morgan fingerprint density at radius 1 is 1.24 bits per heavy atom. The van der Waals surface area contributed by atoms with Gasteiger partial charge in [0, 0.05) is 11.8 Å². The average molecular weight is 455 g/mol. The number of aromatic nitrogens is 2. The van der Waals surface area contributed by atoms with Crippen molar-refractivity contribution >= 4 is 45.7 Å². The SMILES string of the molecule is Cc1cc(=O)c2c(OCC(O)CO)ncc(Cl)c2n1-c1c(Cl)cc(C#N)cc1Cl. The smallest absolute Gasteiger partial charge is 0.227 e. The first-order chi connectivity index (χ1) is 13.8. The van der Waals surface area contributed by atoms with E-state index in [1.54, 1.807) is 11.5 Å². The molecule has 0 radical (unpaired) electrons. The van der Waals surface area contributed by atoms with Gasteiger partial charge >= 0.3 is 0 Å². The molecule has 0 saturated carbocycles. The van der Waals surface area contributed by atoms with E-state index in [0.717, 1.165) is 0 Å². The molecule has 0 aliphatic rings. The molecule has 0 aliphatic heterocycles. The number of aliphatic hydroxyl groups is 2. The number of halogens is 3.